The molecule has 172 valence electrons. The third-order valence-corrected chi connectivity index (χ3v) is 5.32. The molecule has 2 N–H and O–H groups in total. The van der Waals surface area contributed by atoms with Gasteiger partial charge in [-0.1, -0.05) is 11.6 Å². The number of halogens is 1. The third-order valence-electron chi connectivity index (χ3n) is 5.06. The van der Waals surface area contributed by atoms with Crippen LogP contribution in [0.1, 0.15) is 16.8 Å². The maximum atomic E-state index is 12.4. The van der Waals surface area contributed by atoms with Gasteiger partial charge in [-0.25, -0.2) is 0 Å². The second-order valence-corrected chi connectivity index (χ2v) is 7.79. The van der Waals surface area contributed by atoms with Crippen LogP contribution in [0.5, 0.6) is 11.5 Å². The number of nitrogens with zero attached hydrogens (tertiary/aromatic N) is 1. The normalized spacial score (nSPS) is 16.8. The number of hydrazine groups is 1. The predicted molar refractivity (Wildman–Crippen MR) is 116 cm³/mol. The molecule has 3 amide bonds. The lowest BCUT2D eigenvalue weighted by atomic mass is 10.1. The van der Waals surface area contributed by atoms with Crippen LogP contribution in [0.15, 0.2) is 42.5 Å². The van der Waals surface area contributed by atoms with Crippen molar-refractivity contribution in [3.05, 3.63) is 53.1 Å². The number of rotatable bonds is 5. The SMILES string of the molecule is O=C(COC(=O)[C@H]1CC(=O)N(c2ccc3c(c2)OCCO3)C1)NNC(=O)c1ccc(Cl)cc1. The van der Waals surface area contributed by atoms with E-state index in [0.29, 0.717) is 41.0 Å². The van der Waals surface area contributed by atoms with Crippen molar-refractivity contribution in [2.75, 3.05) is 31.3 Å². The monoisotopic (exact) mass is 473 g/mol. The van der Waals surface area contributed by atoms with E-state index in [4.69, 9.17) is 25.8 Å². The van der Waals surface area contributed by atoms with Crippen molar-refractivity contribution in [3.8, 4) is 11.5 Å². The largest absolute Gasteiger partial charge is 0.486 e. The summed E-state index contributed by atoms with van der Waals surface area (Å²) in [6.45, 7) is 0.392. The summed E-state index contributed by atoms with van der Waals surface area (Å²) in [5, 5.41) is 0.473. The molecule has 2 aromatic rings. The zero-order valence-corrected chi connectivity index (χ0v) is 18.1. The Morgan fingerprint density at radius 3 is 2.52 bits per heavy atom. The summed E-state index contributed by atoms with van der Waals surface area (Å²) < 4.78 is 16.0. The van der Waals surface area contributed by atoms with Crippen LogP contribution in [-0.2, 0) is 19.1 Å². The molecule has 2 heterocycles. The van der Waals surface area contributed by atoms with Crippen molar-refractivity contribution in [3.63, 3.8) is 0 Å². The Hall–Kier alpha value is -3.79. The Bertz CT molecular complexity index is 1090. The number of carbonyl (C=O) groups excluding carboxylic acids is 4. The minimum absolute atomic E-state index is 0.0395. The number of amides is 3. The second kappa shape index (κ2) is 9.78. The van der Waals surface area contributed by atoms with Crippen LogP contribution >= 0.6 is 11.6 Å². The molecule has 0 saturated carbocycles. The van der Waals surface area contributed by atoms with Crippen LogP contribution in [0.4, 0.5) is 5.69 Å². The lowest BCUT2D eigenvalue weighted by Gasteiger charge is -2.22. The highest BCUT2D eigenvalue weighted by Gasteiger charge is 2.36. The van der Waals surface area contributed by atoms with E-state index in [2.05, 4.69) is 10.9 Å². The van der Waals surface area contributed by atoms with Gasteiger partial charge in [0, 0.05) is 35.3 Å². The highest BCUT2D eigenvalue weighted by Crippen LogP contribution is 2.36. The Morgan fingerprint density at radius 2 is 1.76 bits per heavy atom. The van der Waals surface area contributed by atoms with Crippen molar-refractivity contribution in [2.24, 2.45) is 5.92 Å². The van der Waals surface area contributed by atoms with Gasteiger partial charge in [0.2, 0.25) is 5.91 Å². The van der Waals surface area contributed by atoms with Crippen LogP contribution in [0.3, 0.4) is 0 Å². The summed E-state index contributed by atoms with van der Waals surface area (Å²) in [7, 11) is 0. The third kappa shape index (κ3) is 5.35. The number of hydrogen-bond acceptors (Lipinski definition) is 7. The fourth-order valence-electron chi connectivity index (χ4n) is 3.41. The number of ether oxygens (including phenoxy) is 3. The molecule has 2 aliphatic rings. The van der Waals surface area contributed by atoms with E-state index >= 15 is 0 Å². The first-order valence-electron chi connectivity index (χ1n) is 10.1. The minimum atomic E-state index is -0.723. The van der Waals surface area contributed by atoms with Crippen molar-refractivity contribution >= 4 is 41.0 Å². The van der Waals surface area contributed by atoms with Gasteiger partial charge in [-0.2, -0.15) is 0 Å². The van der Waals surface area contributed by atoms with Crippen molar-refractivity contribution in [1.82, 2.24) is 10.9 Å². The van der Waals surface area contributed by atoms with Crippen LogP contribution < -0.4 is 25.2 Å². The average molecular weight is 474 g/mol. The number of hydrogen-bond donors (Lipinski definition) is 2. The molecule has 1 saturated heterocycles. The number of esters is 1. The number of benzene rings is 2. The first kappa shape index (κ1) is 22.4. The Kier molecular flexibility index (Phi) is 6.64. The van der Waals surface area contributed by atoms with E-state index in [1.54, 1.807) is 18.2 Å². The van der Waals surface area contributed by atoms with Gasteiger partial charge in [0.25, 0.3) is 11.8 Å². The van der Waals surface area contributed by atoms with Crippen LogP contribution in [0.2, 0.25) is 5.02 Å². The second-order valence-electron chi connectivity index (χ2n) is 7.35. The Morgan fingerprint density at radius 1 is 1.03 bits per heavy atom. The molecule has 0 spiro atoms. The van der Waals surface area contributed by atoms with Crippen LogP contribution in [0.25, 0.3) is 0 Å². The molecular weight excluding hydrogens is 454 g/mol. The highest BCUT2D eigenvalue weighted by atomic mass is 35.5. The van der Waals surface area contributed by atoms with Gasteiger partial charge in [-0.05, 0) is 36.4 Å². The summed E-state index contributed by atoms with van der Waals surface area (Å²) in [6, 6.07) is 11.2. The first-order valence-corrected chi connectivity index (χ1v) is 10.5. The molecule has 0 radical (unpaired) electrons. The van der Waals surface area contributed by atoms with Gasteiger partial charge >= 0.3 is 5.97 Å². The Labute approximate surface area is 193 Å². The fourth-order valence-corrected chi connectivity index (χ4v) is 3.53. The number of anilines is 1. The highest BCUT2D eigenvalue weighted by molar-refractivity contribution is 6.30. The molecule has 0 unspecified atom stereocenters. The van der Waals surface area contributed by atoms with E-state index in [0.717, 1.165) is 0 Å². The van der Waals surface area contributed by atoms with E-state index in [-0.39, 0.29) is 18.9 Å². The van der Waals surface area contributed by atoms with E-state index < -0.39 is 30.3 Å². The van der Waals surface area contributed by atoms with E-state index in [9.17, 15) is 19.2 Å². The number of carbonyl (C=O) groups is 4. The molecule has 0 aliphatic carbocycles. The lowest BCUT2D eigenvalue weighted by Crippen LogP contribution is -2.43. The zero-order valence-electron chi connectivity index (χ0n) is 17.3. The van der Waals surface area contributed by atoms with Crippen molar-refractivity contribution < 1.29 is 33.4 Å². The summed E-state index contributed by atoms with van der Waals surface area (Å²) >= 11 is 5.77. The predicted octanol–water partition coefficient (Wildman–Crippen LogP) is 1.47. The van der Waals surface area contributed by atoms with Gasteiger partial charge < -0.3 is 19.1 Å². The molecule has 11 heteroatoms. The van der Waals surface area contributed by atoms with Gasteiger partial charge in [-0.3, -0.25) is 30.0 Å². The summed E-state index contributed by atoms with van der Waals surface area (Å²) in [6.07, 6.45) is -0.0395. The topological polar surface area (TPSA) is 123 Å². The standard InChI is InChI=1S/C22H20ClN3O7/c23-15-3-1-13(2-4-15)21(29)25-24-19(27)12-33-22(30)14-9-20(28)26(11-14)16-5-6-17-18(10-16)32-8-7-31-17/h1-6,10,14H,7-9,11-12H2,(H,24,27)(H,25,29)/t14-/m0/s1. The first-order chi connectivity index (χ1) is 15.9. The van der Waals surface area contributed by atoms with Gasteiger partial charge in [0.15, 0.2) is 18.1 Å². The zero-order chi connectivity index (χ0) is 23.4. The molecule has 1 atom stereocenters. The molecular formula is C22H20ClN3O7. The molecule has 2 aromatic carbocycles. The molecule has 10 nitrogen and oxygen atoms in total. The van der Waals surface area contributed by atoms with Gasteiger partial charge in [-0.15, -0.1) is 0 Å². The van der Waals surface area contributed by atoms with Crippen LogP contribution in [0, 0.1) is 5.92 Å². The molecule has 0 aromatic heterocycles. The molecule has 0 bridgehead atoms. The average Bonchev–Trinajstić information content (AvgIpc) is 3.22. The fraction of sp³-hybridized carbons (Fsp3) is 0.273. The number of nitrogens with one attached hydrogen (secondary N) is 2. The van der Waals surface area contributed by atoms with E-state index in [1.807, 2.05) is 0 Å². The summed E-state index contributed by atoms with van der Waals surface area (Å²) in [4.78, 5) is 50.2. The van der Waals surface area contributed by atoms with Crippen molar-refractivity contribution in [2.45, 2.75) is 6.42 Å². The van der Waals surface area contributed by atoms with Crippen LogP contribution in [-0.4, -0.2) is 50.1 Å². The quantitative estimate of drug-likeness (QED) is 0.498. The molecule has 33 heavy (non-hydrogen) atoms. The molecule has 1 fully saturated rings. The number of fused-ring (bicyclic) bond motifs is 1. The van der Waals surface area contributed by atoms with Gasteiger partial charge in [0.05, 0.1) is 5.92 Å². The van der Waals surface area contributed by atoms with E-state index in [1.165, 1.54) is 29.2 Å². The summed E-state index contributed by atoms with van der Waals surface area (Å²) in [5.41, 5.74) is 5.25. The molecule has 2 aliphatic heterocycles. The smallest absolute Gasteiger partial charge is 0.311 e. The maximum absolute atomic E-state index is 12.4. The minimum Gasteiger partial charge on any atom is -0.486 e. The lowest BCUT2D eigenvalue weighted by molar-refractivity contribution is -0.152. The van der Waals surface area contributed by atoms with Crippen molar-refractivity contribution in [1.29, 1.82) is 0 Å². The van der Waals surface area contributed by atoms with Gasteiger partial charge in [0.1, 0.15) is 13.2 Å². The Balaban J connectivity index is 1.25. The molecule has 4 rings (SSSR count). The summed E-state index contributed by atoms with van der Waals surface area (Å²) in [5.74, 6) is -1.78. The maximum Gasteiger partial charge on any atom is 0.311 e.